The van der Waals surface area contributed by atoms with Crippen LogP contribution < -0.4 is 0 Å². The third-order valence-corrected chi connectivity index (χ3v) is 13.7. The lowest BCUT2D eigenvalue weighted by Gasteiger charge is -2.13. The van der Waals surface area contributed by atoms with Gasteiger partial charge in [-0.25, -0.2) is 9.97 Å². The Balaban J connectivity index is 1.04. The summed E-state index contributed by atoms with van der Waals surface area (Å²) in [7, 11) is 0. The van der Waals surface area contributed by atoms with Gasteiger partial charge in [0.05, 0.1) is 11.4 Å². The predicted molar refractivity (Wildman–Crippen MR) is 289 cm³/mol. The molecule has 1 heterocycles. The molecule has 13 aromatic rings. The molecule has 2 heteroatoms. The van der Waals surface area contributed by atoms with Crippen LogP contribution in [0.5, 0.6) is 0 Å². The van der Waals surface area contributed by atoms with Gasteiger partial charge in [0.25, 0.3) is 0 Å². The first-order valence-corrected chi connectivity index (χ1v) is 23.3. The van der Waals surface area contributed by atoms with E-state index < -0.39 is 0 Å². The molecule has 0 unspecified atom stereocenters. The van der Waals surface area contributed by atoms with Gasteiger partial charge in [-0.1, -0.05) is 243 Å². The summed E-state index contributed by atoms with van der Waals surface area (Å²) in [5.41, 5.74) is 9.47. The van der Waals surface area contributed by atoms with Gasteiger partial charge >= 0.3 is 0 Å². The molecule has 0 atom stereocenters. The molecule has 0 amide bonds. The standard InChI is InChI=1S/C66H42N2/c1-3-19-50-43(15-1)17-13-29-52(50)45-31-35-47(36-32-45)64-42-65(68-66(67-64)48-37-33-46(34-38-48)53-30-14-18-44-16-2-4-20-51(44)53)49-39-40-62-60-27-10-9-25-58(60)56-23-6-5-21-54(56)55-22-7-8-24-57(55)59-26-11-12-28-61(59)63(62)41-49/h1-42H. The highest BCUT2D eigenvalue weighted by Gasteiger charge is 2.15. The Morgan fingerprint density at radius 3 is 0.941 bits per heavy atom. The van der Waals surface area contributed by atoms with Crippen molar-refractivity contribution in [2.45, 2.75) is 0 Å². The third-order valence-electron chi connectivity index (χ3n) is 13.7. The maximum Gasteiger partial charge on any atom is 0.160 e. The maximum absolute atomic E-state index is 5.43. The molecule has 68 heavy (non-hydrogen) atoms. The van der Waals surface area contributed by atoms with Crippen molar-refractivity contribution in [3.05, 3.63) is 255 Å². The van der Waals surface area contributed by atoms with E-state index in [0.717, 1.165) is 39.0 Å². The highest BCUT2D eigenvalue weighted by molar-refractivity contribution is 6.26. The third kappa shape index (κ3) is 6.82. The molecule has 13 rings (SSSR count). The van der Waals surface area contributed by atoms with Crippen molar-refractivity contribution >= 4 is 75.4 Å². The molecule has 2 nitrogen and oxygen atoms in total. The second-order valence-electron chi connectivity index (χ2n) is 17.6. The molecule has 1 aromatic heterocycles. The van der Waals surface area contributed by atoms with Crippen LogP contribution in [0.25, 0.3) is 132 Å². The summed E-state index contributed by atoms with van der Waals surface area (Å²) < 4.78 is 0. The summed E-state index contributed by atoms with van der Waals surface area (Å²) in [5, 5.41) is 16.9. The van der Waals surface area contributed by atoms with Crippen molar-refractivity contribution in [3.8, 4) is 56.2 Å². The summed E-state index contributed by atoms with van der Waals surface area (Å²) in [4.78, 5) is 10.8. The van der Waals surface area contributed by atoms with Crippen LogP contribution in [0.15, 0.2) is 255 Å². The molecule has 0 saturated heterocycles. The van der Waals surface area contributed by atoms with Crippen LogP contribution in [-0.2, 0) is 0 Å². The van der Waals surface area contributed by atoms with Crippen LogP contribution in [0.3, 0.4) is 0 Å². The Labute approximate surface area is 394 Å². The van der Waals surface area contributed by atoms with E-state index in [0.29, 0.717) is 5.82 Å². The van der Waals surface area contributed by atoms with Crippen LogP contribution in [0, 0.1) is 0 Å². The first-order valence-electron chi connectivity index (χ1n) is 23.3. The average molecular weight is 863 g/mol. The fourth-order valence-corrected chi connectivity index (χ4v) is 10.4. The van der Waals surface area contributed by atoms with E-state index in [-0.39, 0.29) is 0 Å². The molecule has 0 fully saturated rings. The minimum atomic E-state index is 0.677. The topological polar surface area (TPSA) is 25.8 Å². The molecule has 0 spiro atoms. The van der Waals surface area contributed by atoms with Gasteiger partial charge in [-0.2, -0.15) is 0 Å². The fraction of sp³-hybridized carbons (Fsp3) is 0. The molecule has 0 aliphatic carbocycles. The lowest BCUT2D eigenvalue weighted by molar-refractivity contribution is 1.18. The maximum atomic E-state index is 5.43. The SMILES string of the molecule is c1ccc2c(-c3ccc(-c4cc(-c5ccc6c7ccccc7c7ccccc7c7ccccc7c7ccccc7c6c5)nc(-c5ccc(-c6cccc7ccccc67)cc5)n4)cc3)cccc2c1. The van der Waals surface area contributed by atoms with Gasteiger partial charge in [0, 0.05) is 16.7 Å². The van der Waals surface area contributed by atoms with Crippen LogP contribution in [-0.4, -0.2) is 9.97 Å². The largest absolute Gasteiger partial charge is 0.228 e. The van der Waals surface area contributed by atoms with Crippen molar-refractivity contribution in [1.82, 2.24) is 9.97 Å². The predicted octanol–water partition coefficient (Wildman–Crippen LogP) is 18.0. The molecule has 0 aliphatic heterocycles. The van der Waals surface area contributed by atoms with Gasteiger partial charge in [-0.3, -0.25) is 0 Å². The molecule has 0 N–H and O–H groups in total. The van der Waals surface area contributed by atoms with Gasteiger partial charge in [0.2, 0.25) is 0 Å². The van der Waals surface area contributed by atoms with Crippen molar-refractivity contribution in [1.29, 1.82) is 0 Å². The number of fused-ring (bicyclic) bond motifs is 12. The van der Waals surface area contributed by atoms with Crippen molar-refractivity contribution < 1.29 is 0 Å². The number of hydrogen-bond acceptors (Lipinski definition) is 2. The Bertz CT molecular complexity index is 3960. The van der Waals surface area contributed by atoms with E-state index in [1.165, 1.54) is 86.7 Å². The Hall–Kier alpha value is -8.98. The summed E-state index contributed by atoms with van der Waals surface area (Å²) in [6.07, 6.45) is 0. The normalized spacial score (nSPS) is 11.5. The molecule has 0 saturated carbocycles. The Morgan fingerprint density at radius 2 is 0.500 bits per heavy atom. The molecule has 0 aliphatic rings. The number of aromatic nitrogens is 2. The van der Waals surface area contributed by atoms with Gasteiger partial charge in [-0.15, -0.1) is 0 Å². The van der Waals surface area contributed by atoms with E-state index in [9.17, 15) is 0 Å². The molecule has 12 aromatic carbocycles. The minimum absolute atomic E-state index is 0.677. The lowest BCUT2D eigenvalue weighted by Crippen LogP contribution is -1.96. The number of benzene rings is 11. The van der Waals surface area contributed by atoms with E-state index in [1.807, 2.05) is 0 Å². The Morgan fingerprint density at radius 1 is 0.191 bits per heavy atom. The van der Waals surface area contributed by atoms with E-state index in [2.05, 4.69) is 255 Å². The first-order chi connectivity index (χ1) is 33.7. The second kappa shape index (κ2) is 16.5. The van der Waals surface area contributed by atoms with Gasteiger partial charge in [0.1, 0.15) is 0 Å². The molecule has 0 bridgehead atoms. The Kier molecular flexibility index (Phi) is 9.54. The lowest BCUT2D eigenvalue weighted by atomic mass is 9.93. The summed E-state index contributed by atoms with van der Waals surface area (Å²) in [6.45, 7) is 0. The van der Waals surface area contributed by atoms with Crippen LogP contribution in [0.1, 0.15) is 0 Å². The monoisotopic (exact) mass is 862 g/mol. The van der Waals surface area contributed by atoms with Crippen LogP contribution in [0.2, 0.25) is 0 Å². The highest BCUT2D eigenvalue weighted by atomic mass is 14.9. The van der Waals surface area contributed by atoms with Gasteiger partial charge in [-0.05, 0) is 110 Å². The van der Waals surface area contributed by atoms with Crippen molar-refractivity contribution in [3.63, 3.8) is 0 Å². The zero-order valence-electron chi connectivity index (χ0n) is 37.1. The number of hydrogen-bond donors (Lipinski definition) is 0. The molecular weight excluding hydrogens is 821 g/mol. The summed E-state index contributed by atoms with van der Waals surface area (Å²) in [6, 6.07) is 92.2. The van der Waals surface area contributed by atoms with Gasteiger partial charge in [0.15, 0.2) is 5.82 Å². The average Bonchev–Trinajstić information content (AvgIpc) is 3.42. The summed E-state index contributed by atoms with van der Waals surface area (Å²) in [5.74, 6) is 0.677. The summed E-state index contributed by atoms with van der Waals surface area (Å²) >= 11 is 0. The zero-order chi connectivity index (χ0) is 45.0. The van der Waals surface area contributed by atoms with E-state index in [4.69, 9.17) is 9.97 Å². The van der Waals surface area contributed by atoms with E-state index in [1.54, 1.807) is 0 Å². The number of nitrogens with zero attached hydrogens (tertiary/aromatic N) is 2. The van der Waals surface area contributed by atoms with Crippen LogP contribution in [0.4, 0.5) is 0 Å². The molecule has 316 valence electrons. The molecular formula is C66H42N2. The minimum Gasteiger partial charge on any atom is -0.228 e. The number of rotatable bonds is 5. The zero-order valence-corrected chi connectivity index (χ0v) is 37.1. The second-order valence-corrected chi connectivity index (χ2v) is 17.6. The quantitative estimate of drug-likeness (QED) is 0.172. The fourth-order valence-electron chi connectivity index (χ4n) is 10.4. The first kappa shape index (κ1) is 39.4. The van der Waals surface area contributed by atoms with Crippen LogP contribution >= 0.6 is 0 Å². The van der Waals surface area contributed by atoms with E-state index >= 15 is 0 Å². The van der Waals surface area contributed by atoms with Crippen molar-refractivity contribution in [2.24, 2.45) is 0 Å². The molecule has 0 radical (unpaired) electrons. The van der Waals surface area contributed by atoms with Gasteiger partial charge < -0.3 is 0 Å². The smallest absolute Gasteiger partial charge is 0.160 e. The van der Waals surface area contributed by atoms with Crippen molar-refractivity contribution in [2.75, 3.05) is 0 Å². The highest BCUT2D eigenvalue weighted by Crippen LogP contribution is 2.39.